The summed E-state index contributed by atoms with van der Waals surface area (Å²) in [6.07, 6.45) is 21.9. The summed E-state index contributed by atoms with van der Waals surface area (Å²) >= 11 is 12.5. The van der Waals surface area contributed by atoms with Gasteiger partial charge in [-0.25, -0.2) is 0 Å². The molecule has 5 heteroatoms. The lowest BCUT2D eigenvalue weighted by molar-refractivity contribution is -0.0213. The van der Waals surface area contributed by atoms with Crippen LogP contribution in [0.25, 0.3) is 0 Å². The molecule has 0 aromatic carbocycles. The Balaban J connectivity index is 1.39. The van der Waals surface area contributed by atoms with Gasteiger partial charge in [0.2, 0.25) is 0 Å². The fourth-order valence-electron chi connectivity index (χ4n) is 10.1. The topological polar surface area (TPSA) is 36.4 Å². The molecule has 0 aromatic heterocycles. The lowest BCUT2D eigenvalue weighted by Crippen LogP contribution is -2.54. The molecule has 220 valence electrons. The van der Waals surface area contributed by atoms with E-state index in [-0.39, 0.29) is 10.8 Å². The van der Waals surface area contributed by atoms with Gasteiger partial charge in [0.25, 0.3) is 0 Å². The lowest BCUT2D eigenvalue weighted by atomic mass is 9.46. The predicted octanol–water partition coefficient (Wildman–Crippen LogP) is 9.40. The maximum atomic E-state index is 6.76. The highest BCUT2D eigenvalue weighted by molar-refractivity contribution is 7.80. The van der Waals surface area contributed by atoms with Crippen molar-refractivity contribution in [3.63, 3.8) is 0 Å². The Morgan fingerprint density at radius 3 is 2.51 bits per heavy atom. The van der Waals surface area contributed by atoms with Crippen LogP contribution in [0.15, 0.2) is 16.8 Å². The van der Waals surface area contributed by atoms with Crippen LogP contribution in [-0.2, 0) is 0 Å². The van der Waals surface area contributed by atoms with Crippen molar-refractivity contribution < 1.29 is 0 Å². The number of hydrogen-bond donors (Lipinski definition) is 2. The molecule has 0 heterocycles. The van der Waals surface area contributed by atoms with E-state index in [4.69, 9.17) is 28.9 Å². The normalized spacial score (nSPS) is 40.4. The third-order valence-electron chi connectivity index (χ3n) is 12.3. The highest BCUT2D eigenvalue weighted by Gasteiger charge is 2.60. The minimum Gasteiger partial charge on any atom is -0.359 e. The zero-order valence-corrected chi connectivity index (χ0v) is 27.1. The first-order valence-electron chi connectivity index (χ1n) is 16.6. The van der Waals surface area contributed by atoms with Gasteiger partial charge in [0, 0.05) is 17.3 Å². The molecule has 5 aliphatic carbocycles. The van der Waals surface area contributed by atoms with Crippen LogP contribution >= 0.6 is 23.8 Å². The SMILES string of the molecule is CC(C)CCC[C@@H](C)[C@H]1CC[C@H]2[C@@H]3/C(=N\NC(=S)NC4CCCCC4)C=C4C[C@@H](Cl)CC[C@]4(C)[C@H]3CC[C@]12C. The van der Waals surface area contributed by atoms with Crippen LogP contribution in [0.5, 0.6) is 0 Å². The number of fused-ring (bicyclic) bond motifs is 5. The van der Waals surface area contributed by atoms with Gasteiger partial charge in [0.1, 0.15) is 0 Å². The van der Waals surface area contributed by atoms with Crippen molar-refractivity contribution in [2.75, 3.05) is 0 Å². The second kappa shape index (κ2) is 12.3. The van der Waals surface area contributed by atoms with Gasteiger partial charge in [-0.3, -0.25) is 5.43 Å². The maximum absolute atomic E-state index is 6.76. The summed E-state index contributed by atoms with van der Waals surface area (Å²) in [7, 11) is 0. The summed E-state index contributed by atoms with van der Waals surface area (Å²) in [6, 6.07) is 0.501. The van der Waals surface area contributed by atoms with Crippen LogP contribution in [0, 0.1) is 46.3 Å². The van der Waals surface area contributed by atoms with Gasteiger partial charge in [-0.2, -0.15) is 5.10 Å². The molecule has 2 N–H and O–H groups in total. The number of allylic oxidation sites excluding steroid dienone is 2. The third-order valence-corrected chi connectivity index (χ3v) is 12.9. The van der Waals surface area contributed by atoms with Crippen molar-refractivity contribution in [3.05, 3.63) is 11.6 Å². The van der Waals surface area contributed by atoms with Gasteiger partial charge in [-0.1, -0.05) is 78.7 Å². The van der Waals surface area contributed by atoms with Crippen molar-refractivity contribution in [2.24, 2.45) is 51.4 Å². The molecule has 0 bridgehead atoms. The molecular weight excluding hydrogens is 518 g/mol. The molecule has 5 rings (SSSR count). The van der Waals surface area contributed by atoms with Crippen LogP contribution in [0.3, 0.4) is 0 Å². The minimum atomic E-state index is 0.264. The number of hydrogen-bond acceptors (Lipinski definition) is 2. The smallest absolute Gasteiger partial charge is 0.187 e. The lowest BCUT2D eigenvalue weighted by Gasteiger charge is -2.58. The third kappa shape index (κ3) is 6.13. The van der Waals surface area contributed by atoms with Gasteiger partial charge in [-0.15, -0.1) is 11.6 Å². The minimum absolute atomic E-state index is 0.264. The van der Waals surface area contributed by atoms with Gasteiger partial charge in [-0.05, 0) is 117 Å². The number of halogens is 1. The summed E-state index contributed by atoms with van der Waals surface area (Å²) in [5.41, 5.74) is 6.88. The molecule has 0 unspecified atom stereocenters. The molecule has 0 spiro atoms. The number of rotatable bonds is 7. The van der Waals surface area contributed by atoms with E-state index in [0.717, 1.165) is 36.5 Å². The maximum Gasteiger partial charge on any atom is 0.187 e. The van der Waals surface area contributed by atoms with E-state index in [1.165, 1.54) is 89.2 Å². The second-order valence-electron chi connectivity index (χ2n) is 15.2. The molecule has 39 heavy (non-hydrogen) atoms. The average molecular weight is 574 g/mol. The van der Waals surface area contributed by atoms with E-state index in [0.29, 0.717) is 28.4 Å². The molecule has 3 nitrogen and oxygen atoms in total. The molecule has 0 radical (unpaired) electrons. The molecule has 0 aliphatic heterocycles. The molecular formula is C34H56ClN3S. The Labute approximate surface area is 250 Å². The molecule has 8 atom stereocenters. The van der Waals surface area contributed by atoms with Crippen molar-refractivity contribution in [1.82, 2.24) is 10.7 Å². The highest BCUT2D eigenvalue weighted by Crippen LogP contribution is 2.67. The Hall–Kier alpha value is -0.610. The Bertz CT molecular complexity index is 939. The first-order valence-corrected chi connectivity index (χ1v) is 17.5. The number of nitrogens with zero attached hydrogens (tertiary/aromatic N) is 1. The fraction of sp³-hybridized carbons (Fsp3) is 0.882. The second-order valence-corrected chi connectivity index (χ2v) is 16.2. The van der Waals surface area contributed by atoms with Crippen molar-refractivity contribution in [1.29, 1.82) is 0 Å². The molecule has 0 aromatic rings. The van der Waals surface area contributed by atoms with Crippen LogP contribution < -0.4 is 10.7 Å². The highest BCUT2D eigenvalue weighted by atomic mass is 35.5. The zero-order chi connectivity index (χ0) is 27.8. The first kappa shape index (κ1) is 29.9. The molecule has 0 amide bonds. The largest absolute Gasteiger partial charge is 0.359 e. The van der Waals surface area contributed by atoms with E-state index in [1.807, 2.05) is 0 Å². The van der Waals surface area contributed by atoms with Gasteiger partial charge >= 0.3 is 0 Å². The van der Waals surface area contributed by atoms with Crippen LogP contribution in [0.1, 0.15) is 131 Å². The number of alkyl halides is 1. The van der Waals surface area contributed by atoms with Crippen molar-refractivity contribution in [2.45, 2.75) is 142 Å². The number of hydrazone groups is 1. The van der Waals surface area contributed by atoms with Gasteiger partial charge < -0.3 is 5.32 Å². The summed E-state index contributed by atoms with van der Waals surface area (Å²) in [4.78, 5) is 0. The van der Waals surface area contributed by atoms with Crippen molar-refractivity contribution >= 4 is 34.6 Å². The van der Waals surface area contributed by atoms with Crippen LogP contribution in [-0.4, -0.2) is 22.2 Å². The van der Waals surface area contributed by atoms with E-state index < -0.39 is 0 Å². The number of thiocarbonyl (C=S) groups is 1. The monoisotopic (exact) mass is 573 g/mol. The van der Waals surface area contributed by atoms with Crippen molar-refractivity contribution in [3.8, 4) is 0 Å². The van der Waals surface area contributed by atoms with Crippen LogP contribution in [0.2, 0.25) is 0 Å². The molecule has 5 aliphatic rings. The summed E-state index contributed by atoms with van der Waals surface area (Å²) in [5.74, 6) is 4.40. The van der Waals surface area contributed by atoms with E-state index >= 15 is 0 Å². The number of nitrogens with one attached hydrogen (secondary N) is 2. The van der Waals surface area contributed by atoms with E-state index in [1.54, 1.807) is 5.57 Å². The summed E-state index contributed by atoms with van der Waals surface area (Å²) in [5, 5.41) is 9.70. The Morgan fingerprint density at radius 2 is 1.77 bits per heavy atom. The molecule has 4 saturated carbocycles. The summed E-state index contributed by atoms with van der Waals surface area (Å²) < 4.78 is 0. The molecule has 4 fully saturated rings. The molecule has 0 saturated heterocycles. The van der Waals surface area contributed by atoms with E-state index in [9.17, 15) is 0 Å². The van der Waals surface area contributed by atoms with Gasteiger partial charge in [0.15, 0.2) is 5.11 Å². The average Bonchev–Trinajstić information content (AvgIpc) is 3.25. The van der Waals surface area contributed by atoms with Gasteiger partial charge in [0.05, 0.1) is 5.71 Å². The Morgan fingerprint density at radius 1 is 1.00 bits per heavy atom. The van der Waals surface area contributed by atoms with Crippen LogP contribution in [0.4, 0.5) is 0 Å². The quantitative estimate of drug-likeness (QED) is 0.181. The first-order chi connectivity index (χ1) is 18.6. The Kier molecular flexibility index (Phi) is 9.44. The predicted molar refractivity (Wildman–Crippen MR) is 171 cm³/mol. The zero-order valence-electron chi connectivity index (χ0n) is 25.5. The van der Waals surface area contributed by atoms with E-state index in [2.05, 4.69) is 51.4 Å². The fourth-order valence-corrected chi connectivity index (χ4v) is 10.6. The standard InChI is InChI=1S/C34H56ClN3S/c1-22(2)10-9-11-23(3)27-14-15-28-31-29(17-19-34(27,28)5)33(4)18-16-25(35)20-24(33)21-30(31)37-38-32(39)36-26-12-7-6-8-13-26/h21-23,25-29,31H,6-20H2,1-5H3,(H2,36,38,39)/b37-30-/t23-,25+,27-,28+,29+,31+,33+,34-/m1/s1. The summed E-state index contributed by atoms with van der Waals surface area (Å²) in [6.45, 7) is 12.5.